The van der Waals surface area contributed by atoms with Gasteiger partial charge in [0.25, 0.3) is 0 Å². The van der Waals surface area contributed by atoms with Gasteiger partial charge in [0.05, 0.1) is 11.6 Å². The molecule has 6 nitrogen and oxygen atoms in total. The number of hydrogen-bond donors (Lipinski definition) is 1. The lowest BCUT2D eigenvalue weighted by Gasteiger charge is -2.14. The highest BCUT2D eigenvalue weighted by Crippen LogP contribution is 2.39. The van der Waals surface area contributed by atoms with Crippen LogP contribution in [-0.4, -0.2) is 26.6 Å². The lowest BCUT2D eigenvalue weighted by atomic mass is 10.2. The van der Waals surface area contributed by atoms with Crippen LogP contribution in [0.25, 0.3) is 6.08 Å². The summed E-state index contributed by atoms with van der Waals surface area (Å²) in [5.41, 5.74) is 0.359. The highest BCUT2D eigenvalue weighted by Gasteiger charge is 2.28. The van der Waals surface area contributed by atoms with Gasteiger partial charge in [0.2, 0.25) is 0 Å². The molecule has 10 heteroatoms. The van der Waals surface area contributed by atoms with Gasteiger partial charge in [0.15, 0.2) is 16.4 Å². The number of hydrogen-bond acceptors (Lipinski definition) is 5. The Morgan fingerprint density at radius 1 is 1.23 bits per heavy atom. The largest absolute Gasteiger partial charge is 0.493 e. The van der Waals surface area contributed by atoms with Crippen molar-refractivity contribution in [2.45, 2.75) is 4.90 Å². The summed E-state index contributed by atoms with van der Waals surface area (Å²) in [5.74, 6) is -4.23. The molecule has 0 radical (unpaired) electrons. The fraction of sp³-hybridized carbons (Fsp3) is 0.0625. The molecular weight excluding hydrogens is 438 g/mol. The molecule has 2 aromatic rings. The van der Waals surface area contributed by atoms with Crippen molar-refractivity contribution in [3.63, 3.8) is 0 Å². The second kappa shape index (κ2) is 7.83. The Kier molecular flexibility index (Phi) is 5.98. The van der Waals surface area contributed by atoms with Gasteiger partial charge in [-0.2, -0.15) is 8.42 Å². The maximum Gasteiger partial charge on any atom is 0.345 e. The van der Waals surface area contributed by atoms with Crippen molar-refractivity contribution in [2.24, 2.45) is 0 Å². The average Bonchev–Trinajstić information content (AvgIpc) is 2.54. The van der Waals surface area contributed by atoms with Gasteiger partial charge in [-0.15, -0.1) is 0 Å². The van der Waals surface area contributed by atoms with E-state index in [0.717, 1.165) is 24.3 Å². The van der Waals surface area contributed by atoms with Crippen molar-refractivity contribution in [3.05, 3.63) is 58.1 Å². The van der Waals surface area contributed by atoms with Crippen LogP contribution in [0.4, 0.5) is 8.78 Å². The fourth-order valence-electron chi connectivity index (χ4n) is 1.96. The summed E-state index contributed by atoms with van der Waals surface area (Å²) in [7, 11) is -3.62. The number of halogens is 3. The lowest BCUT2D eigenvalue weighted by molar-refractivity contribution is -0.131. The van der Waals surface area contributed by atoms with Crippen molar-refractivity contribution in [1.82, 2.24) is 0 Å². The van der Waals surface area contributed by atoms with E-state index < -0.39 is 32.6 Å². The van der Waals surface area contributed by atoms with Crippen molar-refractivity contribution in [3.8, 4) is 11.5 Å². The van der Waals surface area contributed by atoms with Gasteiger partial charge in [0, 0.05) is 6.08 Å². The first-order valence-electron chi connectivity index (χ1n) is 6.82. The number of rotatable bonds is 6. The topological polar surface area (TPSA) is 89.9 Å². The van der Waals surface area contributed by atoms with Crippen LogP contribution in [0.5, 0.6) is 11.5 Å². The van der Waals surface area contributed by atoms with Crippen LogP contribution in [0.2, 0.25) is 0 Å². The number of methoxy groups -OCH3 is 1. The number of benzene rings is 2. The Bertz CT molecular complexity index is 968. The first-order valence-corrected chi connectivity index (χ1v) is 9.03. The van der Waals surface area contributed by atoms with Gasteiger partial charge in [-0.25, -0.2) is 13.6 Å². The molecule has 0 aliphatic carbocycles. The molecule has 0 unspecified atom stereocenters. The third-order valence-corrected chi connectivity index (χ3v) is 4.90. The summed E-state index contributed by atoms with van der Waals surface area (Å²) in [5, 5.41) is 8.65. The average molecular weight is 449 g/mol. The van der Waals surface area contributed by atoms with Crippen LogP contribution in [-0.2, 0) is 14.9 Å². The number of carboxylic acid groups (broad SMARTS) is 1. The molecule has 0 fully saturated rings. The predicted octanol–water partition coefficient (Wildman–Crippen LogP) is 3.60. The Hall–Kier alpha value is -2.46. The first kappa shape index (κ1) is 19.9. The van der Waals surface area contributed by atoms with Gasteiger partial charge >= 0.3 is 16.1 Å². The van der Waals surface area contributed by atoms with E-state index in [1.54, 1.807) is 0 Å². The molecule has 2 rings (SSSR count). The van der Waals surface area contributed by atoms with Crippen molar-refractivity contribution < 1.29 is 36.0 Å². The fourth-order valence-corrected chi connectivity index (χ4v) is 3.69. The van der Waals surface area contributed by atoms with Gasteiger partial charge in [-0.05, 0) is 51.8 Å². The number of carbonyl (C=O) groups is 1. The second-order valence-corrected chi connectivity index (χ2v) is 7.13. The van der Waals surface area contributed by atoms with E-state index in [9.17, 15) is 22.0 Å². The summed E-state index contributed by atoms with van der Waals surface area (Å²) >= 11 is 3.07. The minimum Gasteiger partial charge on any atom is -0.493 e. The first-order chi connectivity index (χ1) is 12.2. The molecule has 0 atom stereocenters. The molecule has 0 heterocycles. The van der Waals surface area contributed by atoms with E-state index in [1.165, 1.54) is 25.3 Å². The zero-order chi connectivity index (χ0) is 19.5. The van der Waals surface area contributed by atoms with Crippen LogP contribution >= 0.6 is 15.9 Å². The smallest absolute Gasteiger partial charge is 0.345 e. The molecule has 0 saturated carbocycles. The molecule has 0 aromatic heterocycles. The van der Waals surface area contributed by atoms with Gasteiger partial charge in [0.1, 0.15) is 11.6 Å². The Labute approximate surface area is 155 Å². The monoisotopic (exact) mass is 448 g/mol. The SMILES string of the molecule is COc1cc(/C=C/C(=O)O)cc(Br)c1OS(=O)(=O)c1c(F)cccc1F. The van der Waals surface area contributed by atoms with E-state index in [0.29, 0.717) is 5.56 Å². The minimum atomic E-state index is -4.84. The van der Waals surface area contributed by atoms with Crippen LogP contribution in [0.3, 0.4) is 0 Å². The van der Waals surface area contributed by atoms with E-state index in [-0.39, 0.29) is 16.0 Å². The predicted molar refractivity (Wildman–Crippen MR) is 91.5 cm³/mol. The maximum absolute atomic E-state index is 13.8. The normalized spacial score (nSPS) is 11.5. The zero-order valence-electron chi connectivity index (χ0n) is 13.1. The van der Waals surface area contributed by atoms with Crippen molar-refractivity contribution >= 4 is 38.1 Å². The van der Waals surface area contributed by atoms with Gasteiger partial charge < -0.3 is 14.0 Å². The molecule has 0 aliphatic heterocycles. The second-order valence-electron chi connectivity index (χ2n) is 4.79. The van der Waals surface area contributed by atoms with Crippen LogP contribution in [0, 0.1) is 11.6 Å². The number of aliphatic carboxylic acids is 1. The van der Waals surface area contributed by atoms with Crippen molar-refractivity contribution in [1.29, 1.82) is 0 Å². The summed E-state index contributed by atoms with van der Waals surface area (Å²) in [6.07, 6.45) is 2.11. The minimum absolute atomic E-state index is 0.0715. The highest BCUT2D eigenvalue weighted by atomic mass is 79.9. The Morgan fingerprint density at radius 2 is 1.85 bits per heavy atom. The molecule has 26 heavy (non-hydrogen) atoms. The number of ether oxygens (including phenoxy) is 1. The van der Waals surface area contributed by atoms with Crippen molar-refractivity contribution in [2.75, 3.05) is 7.11 Å². The molecule has 138 valence electrons. The molecule has 0 spiro atoms. The molecule has 0 saturated heterocycles. The molecule has 0 amide bonds. The van der Waals surface area contributed by atoms with E-state index >= 15 is 0 Å². The molecule has 0 bridgehead atoms. The summed E-state index contributed by atoms with van der Waals surface area (Å²) < 4.78 is 62.1. The standard InChI is InChI=1S/C16H11BrF2O6S/c1-24-13-8-9(5-6-14(20)21)7-10(17)15(13)25-26(22,23)16-11(18)3-2-4-12(16)19/h2-8H,1H3,(H,20,21)/b6-5+. The maximum atomic E-state index is 13.8. The molecule has 2 aromatic carbocycles. The quantitative estimate of drug-likeness (QED) is 0.536. The zero-order valence-corrected chi connectivity index (χ0v) is 15.5. The lowest BCUT2D eigenvalue weighted by Crippen LogP contribution is -2.14. The molecule has 0 aliphatic rings. The van der Waals surface area contributed by atoms with Crippen LogP contribution < -0.4 is 8.92 Å². The highest BCUT2D eigenvalue weighted by molar-refractivity contribution is 9.10. The van der Waals surface area contributed by atoms with Gasteiger partial charge in [-0.3, -0.25) is 0 Å². The van der Waals surface area contributed by atoms with E-state index in [2.05, 4.69) is 15.9 Å². The third-order valence-electron chi connectivity index (χ3n) is 3.03. The summed E-state index contributed by atoms with van der Waals surface area (Å²) in [6.45, 7) is 0. The van der Waals surface area contributed by atoms with Gasteiger partial charge in [-0.1, -0.05) is 6.07 Å². The third kappa shape index (κ3) is 4.38. The van der Waals surface area contributed by atoms with E-state index in [1.807, 2.05) is 0 Å². The summed E-state index contributed by atoms with van der Waals surface area (Å²) in [4.78, 5) is 9.35. The van der Waals surface area contributed by atoms with Crippen LogP contribution in [0.1, 0.15) is 5.56 Å². The molecule has 1 N–H and O–H groups in total. The summed E-state index contributed by atoms with van der Waals surface area (Å²) in [6, 6.07) is 5.23. The molecular formula is C16H11BrF2O6S. The van der Waals surface area contributed by atoms with Crippen LogP contribution in [0.15, 0.2) is 45.8 Å². The number of carboxylic acids is 1. The Balaban J connectivity index is 2.50. The van der Waals surface area contributed by atoms with E-state index in [4.69, 9.17) is 14.0 Å². The Morgan fingerprint density at radius 3 is 2.38 bits per heavy atom.